The second-order valence-electron chi connectivity index (χ2n) is 7.00. The van der Waals surface area contributed by atoms with E-state index < -0.39 is 0 Å². The minimum absolute atomic E-state index is 0.180. The molecule has 1 radical (unpaired) electrons. The number of fused-ring (bicyclic) bond motifs is 1. The van der Waals surface area contributed by atoms with E-state index in [-0.39, 0.29) is 11.8 Å². The van der Waals surface area contributed by atoms with Crippen molar-refractivity contribution in [1.29, 1.82) is 0 Å². The third kappa shape index (κ3) is 4.37. The lowest BCUT2D eigenvalue weighted by atomic mass is 10.1. The average Bonchev–Trinajstić information content (AvgIpc) is 2.99. The zero-order valence-corrected chi connectivity index (χ0v) is 16.1. The van der Waals surface area contributed by atoms with Gasteiger partial charge in [-0.1, -0.05) is 48.9 Å². The Morgan fingerprint density at radius 3 is 2.10 bits per heavy atom. The maximum absolute atomic E-state index is 12.4. The Balaban J connectivity index is 1.24. The Labute approximate surface area is 170 Å². The van der Waals surface area contributed by atoms with Crippen LogP contribution in [0.1, 0.15) is 45.5 Å². The second-order valence-corrected chi connectivity index (χ2v) is 7.00. The van der Waals surface area contributed by atoms with Crippen molar-refractivity contribution in [2.45, 2.75) is 19.3 Å². The first-order valence-corrected chi connectivity index (χ1v) is 9.84. The first-order valence-electron chi connectivity index (χ1n) is 9.84. The lowest BCUT2D eigenvalue weighted by Crippen LogP contribution is -2.30. The van der Waals surface area contributed by atoms with E-state index in [4.69, 9.17) is 4.74 Å². The third-order valence-electron chi connectivity index (χ3n) is 4.93. The number of rotatable bonds is 8. The summed E-state index contributed by atoms with van der Waals surface area (Å²) in [5.74, 6) is 1.25. The molecule has 0 aromatic heterocycles. The monoisotopic (exact) mass is 384 g/mol. The van der Waals surface area contributed by atoms with Crippen LogP contribution in [0.15, 0.2) is 78.9 Å². The van der Waals surface area contributed by atoms with Gasteiger partial charge in [0.1, 0.15) is 11.5 Å². The fourth-order valence-electron chi connectivity index (χ4n) is 3.45. The Morgan fingerprint density at radius 1 is 0.724 bits per heavy atom. The van der Waals surface area contributed by atoms with Crippen molar-refractivity contribution in [2.24, 2.45) is 0 Å². The van der Waals surface area contributed by atoms with Crippen LogP contribution in [0.4, 0.5) is 0 Å². The van der Waals surface area contributed by atoms with Gasteiger partial charge in [-0.25, -0.2) is 0 Å². The number of carbonyl (C=O) groups is 2. The van der Waals surface area contributed by atoms with Crippen molar-refractivity contribution in [2.75, 3.05) is 6.54 Å². The highest BCUT2D eigenvalue weighted by molar-refractivity contribution is 6.21. The first-order chi connectivity index (χ1) is 14.2. The molecule has 145 valence electrons. The highest BCUT2D eigenvalue weighted by Gasteiger charge is 2.34. The molecule has 29 heavy (non-hydrogen) atoms. The molecule has 3 aromatic rings. The van der Waals surface area contributed by atoms with Crippen molar-refractivity contribution in [1.82, 2.24) is 4.90 Å². The van der Waals surface area contributed by atoms with Gasteiger partial charge < -0.3 is 4.74 Å². The molecule has 4 nitrogen and oxygen atoms in total. The van der Waals surface area contributed by atoms with Crippen LogP contribution < -0.4 is 4.74 Å². The van der Waals surface area contributed by atoms with Crippen molar-refractivity contribution in [3.05, 3.63) is 102 Å². The summed E-state index contributed by atoms with van der Waals surface area (Å²) in [5.41, 5.74) is 2.12. The van der Waals surface area contributed by atoms with Crippen LogP contribution in [0.25, 0.3) is 0 Å². The molecule has 0 bridgehead atoms. The molecular weight excluding hydrogens is 362 g/mol. The molecule has 4 heteroatoms. The fourth-order valence-corrected chi connectivity index (χ4v) is 3.45. The van der Waals surface area contributed by atoms with E-state index in [0.717, 1.165) is 36.3 Å². The predicted octanol–water partition coefficient (Wildman–Crippen LogP) is 5.50. The van der Waals surface area contributed by atoms with E-state index in [1.54, 1.807) is 24.3 Å². The molecule has 0 spiro atoms. The van der Waals surface area contributed by atoms with E-state index in [1.165, 1.54) is 4.90 Å². The van der Waals surface area contributed by atoms with Gasteiger partial charge in [0, 0.05) is 6.54 Å². The van der Waals surface area contributed by atoms with Crippen LogP contribution in [0.2, 0.25) is 0 Å². The Kier molecular flexibility index (Phi) is 5.71. The van der Waals surface area contributed by atoms with Gasteiger partial charge in [-0.3, -0.25) is 14.5 Å². The normalized spacial score (nSPS) is 12.9. The summed E-state index contributed by atoms with van der Waals surface area (Å²) in [4.78, 5) is 26.1. The van der Waals surface area contributed by atoms with E-state index in [0.29, 0.717) is 17.7 Å². The minimum atomic E-state index is -0.180. The number of amides is 2. The molecular formula is C25H22NO3. The quantitative estimate of drug-likeness (QED) is 0.381. The van der Waals surface area contributed by atoms with Gasteiger partial charge in [0.05, 0.1) is 11.1 Å². The van der Waals surface area contributed by atoms with Crippen molar-refractivity contribution in [3.63, 3.8) is 0 Å². The van der Waals surface area contributed by atoms with Crippen molar-refractivity contribution >= 4 is 11.8 Å². The number of unbranched alkanes of at least 4 members (excludes halogenated alkanes) is 2. The number of hydrogen-bond acceptors (Lipinski definition) is 3. The van der Waals surface area contributed by atoms with Crippen molar-refractivity contribution < 1.29 is 14.3 Å². The highest BCUT2D eigenvalue weighted by Crippen LogP contribution is 2.24. The first kappa shape index (κ1) is 18.9. The molecule has 3 aromatic carbocycles. The van der Waals surface area contributed by atoms with Gasteiger partial charge >= 0.3 is 0 Å². The molecule has 0 atom stereocenters. The number of nitrogens with zero attached hydrogens (tertiary/aromatic N) is 1. The summed E-state index contributed by atoms with van der Waals surface area (Å²) in [5, 5.41) is 0. The number of imide groups is 1. The maximum atomic E-state index is 12.4. The smallest absolute Gasteiger partial charge is 0.261 e. The summed E-state index contributed by atoms with van der Waals surface area (Å²) in [7, 11) is 0. The SMILES string of the molecule is O=C1c2ccccc2C(=O)N1CCCC[CH]c1cccc(Oc2ccccc2)c1. The zero-order chi connectivity index (χ0) is 20.1. The summed E-state index contributed by atoms with van der Waals surface area (Å²) < 4.78 is 5.87. The highest BCUT2D eigenvalue weighted by atomic mass is 16.5. The molecule has 0 saturated carbocycles. The predicted molar refractivity (Wildman–Crippen MR) is 112 cm³/mol. The summed E-state index contributed by atoms with van der Waals surface area (Å²) in [6.07, 6.45) is 4.71. The largest absolute Gasteiger partial charge is 0.457 e. The second kappa shape index (κ2) is 8.74. The van der Waals surface area contributed by atoms with E-state index in [2.05, 4.69) is 6.42 Å². The molecule has 4 rings (SSSR count). The lowest BCUT2D eigenvalue weighted by molar-refractivity contribution is 0.0652. The molecule has 1 aliphatic heterocycles. The zero-order valence-electron chi connectivity index (χ0n) is 16.1. The molecule has 1 heterocycles. The average molecular weight is 384 g/mol. The van der Waals surface area contributed by atoms with Crippen molar-refractivity contribution in [3.8, 4) is 11.5 Å². The van der Waals surface area contributed by atoms with Gasteiger partial charge in [-0.2, -0.15) is 0 Å². The van der Waals surface area contributed by atoms with E-state index in [9.17, 15) is 9.59 Å². The number of hydrogen-bond donors (Lipinski definition) is 0. The third-order valence-corrected chi connectivity index (χ3v) is 4.93. The van der Waals surface area contributed by atoms with Crippen LogP contribution >= 0.6 is 0 Å². The Morgan fingerprint density at radius 2 is 1.38 bits per heavy atom. The van der Waals surface area contributed by atoms with Crippen LogP contribution in [0.5, 0.6) is 11.5 Å². The number of para-hydroxylation sites is 1. The Bertz CT molecular complexity index is 978. The molecule has 0 unspecified atom stereocenters. The molecule has 0 N–H and O–H groups in total. The number of carbonyl (C=O) groups excluding carboxylic acids is 2. The molecule has 1 aliphatic rings. The van der Waals surface area contributed by atoms with Crippen LogP contribution in [0, 0.1) is 6.42 Å². The van der Waals surface area contributed by atoms with Gasteiger partial charge in [-0.05, 0) is 61.2 Å². The fraction of sp³-hybridized carbons (Fsp3) is 0.160. The molecule has 0 aliphatic carbocycles. The van der Waals surface area contributed by atoms with Gasteiger partial charge in [0.15, 0.2) is 0 Å². The van der Waals surface area contributed by atoms with Gasteiger partial charge in [0.25, 0.3) is 11.8 Å². The van der Waals surface area contributed by atoms with Crippen LogP contribution in [-0.4, -0.2) is 23.3 Å². The van der Waals surface area contributed by atoms with Crippen LogP contribution in [-0.2, 0) is 0 Å². The molecule has 0 saturated heterocycles. The standard InChI is InChI=1S/C25H22NO3/c27-24-22-15-6-7-16-23(22)25(28)26(24)17-8-2-3-10-19-11-9-14-21(18-19)29-20-12-4-1-5-13-20/h1,4-7,9-16,18H,2-3,8,17H2. The lowest BCUT2D eigenvalue weighted by Gasteiger charge is -2.13. The van der Waals surface area contributed by atoms with E-state index in [1.807, 2.05) is 54.6 Å². The Hall–Kier alpha value is -3.40. The number of benzene rings is 3. The minimum Gasteiger partial charge on any atom is -0.457 e. The summed E-state index contributed by atoms with van der Waals surface area (Å²) >= 11 is 0. The number of ether oxygens (including phenoxy) is 1. The van der Waals surface area contributed by atoms with Gasteiger partial charge in [-0.15, -0.1) is 0 Å². The summed E-state index contributed by atoms with van der Waals surface area (Å²) in [6, 6.07) is 24.7. The summed E-state index contributed by atoms with van der Waals surface area (Å²) in [6.45, 7) is 0.456. The molecule has 0 fully saturated rings. The van der Waals surface area contributed by atoms with E-state index >= 15 is 0 Å². The topological polar surface area (TPSA) is 46.6 Å². The molecule has 2 amide bonds. The van der Waals surface area contributed by atoms with Gasteiger partial charge in [0.2, 0.25) is 0 Å². The van der Waals surface area contributed by atoms with Crippen LogP contribution in [0.3, 0.4) is 0 Å². The maximum Gasteiger partial charge on any atom is 0.261 e.